The number of amides is 1. The van der Waals surface area contributed by atoms with Crippen LogP contribution in [0.1, 0.15) is 39.9 Å². The summed E-state index contributed by atoms with van der Waals surface area (Å²) in [6.07, 6.45) is 1.51. The van der Waals surface area contributed by atoms with E-state index in [1.54, 1.807) is 24.3 Å². The van der Waals surface area contributed by atoms with Gasteiger partial charge in [0.15, 0.2) is 0 Å². The molecule has 0 radical (unpaired) electrons. The van der Waals surface area contributed by atoms with Gasteiger partial charge in [0.05, 0.1) is 10.9 Å². The highest BCUT2D eigenvalue weighted by Gasteiger charge is 2.36. The molecule has 2 N–H and O–H groups in total. The number of carbonyl (C=O) groups is 1. The lowest BCUT2D eigenvalue weighted by Crippen LogP contribution is -2.19. The number of halogens is 2. The second-order valence-electron chi connectivity index (χ2n) is 6.61. The van der Waals surface area contributed by atoms with E-state index in [-0.39, 0.29) is 23.4 Å². The number of sulfonamides is 1. The summed E-state index contributed by atoms with van der Waals surface area (Å²) >= 11 is 2.03. The minimum absolute atomic E-state index is 0.194. The van der Waals surface area contributed by atoms with Gasteiger partial charge in [0.1, 0.15) is 5.82 Å². The SMILES string of the molecule is O=C1NCc2cc(NS(=O)(=O)C3CC3)c(Cc3ccc(I)cc3F)cc21. The summed E-state index contributed by atoms with van der Waals surface area (Å²) in [5, 5.41) is 2.37. The quantitative estimate of drug-likeness (QED) is 0.638. The Morgan fingerprint density at radius 3 is 2.65 bits per heavy atom. The number of anilines is 1. The lowest BCUT2D eigenvalue weighted by atomic mass is 9.98. The third-order valence-electron chi connectivity index (χ3n) is 4.62. The van der Waals surface area contributed by atoms with E-state index in [0.29, 0.717) is 41.8 Å². The normalized spacial score (nSPS) is 16.3. The summed E-state index contributed by atoms with van der Waals surface area (Å²) in [7, 11) is -3.45. The summed E-state index contributed by atoms with van der Waals surface area (Å²) < 4.78 is 42.5. The van der Waals surface area contributed by atoms with Crippen LogP contribution in [0, 0.1) is 9.39 Å². The van der Waals surface area contributed by atoms with Gasteiger partial charge in [-0.15, -0.1) is 0 Å². The fourth-order valence-electron chi connectivity index (χ4n) is 3.04. The molecule has 1 heterocycles. The van der Waals surface area contributed by atoms with E-state index in [1.807, 2.05) is 22.6 Å². The Morgan fingerprint density at radius 2 is 1.96 bits per heavy atom. The Balaban J connectivity index is 1.75. The molecule has 5 nitrogen and oxygen atoms in total. The van der Waals surface area contributed by atoms with Crippen molar-refractivity contribution < 1.29 is 17.6 Å². The van der Waals surface area contributed by atoms with Crippen LogP contribution in [0.15, 0.2) is 30.3 Å². The molecule has 1 saturated carbocycles. The molecule has 4 rings (SSSR count). The minimum atomic E-state index is -3.45. The van der Waals surface area contributed by atoms with Gasteiger partial charge >= 0.3 is 0 Å². The van der Waals surface area contributed by atoms with Crippen molar-refractivity contribution in [1.29, 1.82) is 0 Å². The standard InChI is InChI=1S/C18H16FIN2O3S/c19-16-8-13(20)2-1-10(16)5-11-6-15-12(9-21-18(15)23)7-17(11)22-26(24,25)14-3-4-14/h1-2,6-8,14,22H,3-5,9H2,(H,21,23). The first-order valence-corrected chi connectivity index (χ1v) is 10.9. The van der Waals surface area contributed by atoms with Crippen molar-refractivity contribution in [3.8, 4) is 0 Å². The second kappa shape index (κ2) is 6.49. The maximum Gasteiger partial charge on any atom is 0.251 e. The maximum absolute atomic E-state index is 14.3. The van der Waals surface area contributed by atoms with E-state index in [2.05, 4.69) is 10.0 Å². The van der Waals surface area contributed by atoms with E-state index in [4.69, 9.17) is 0 Å². The van der Waals surface area contributed by atoms with Crippen molar-refractivity contribution >= 4 is 44.2 Å². The maximum atomic E-state index is 14.3. The molecule has 1 fully saturated rings. The zero-order valence-corrected chi connectivity index (χ0v) is 16.7. The zero-order valence-electron chi connectivity index (χ0n) is 13.7. The fraction of sp³-hybridized carbons (Fsp3) is 0.278. The number of carbonyl (C=O) groups excluding carboxylic acids is 1. The Kier molecular flexibility index (Phi) is 4.42. The molecule has 26 heavy (non-hydrogen) atoms. The van der Waals surface area contributed by atoms with Crippen molar-refractivity contribution in [2.24, 2.45) is 0 Å². The van der Waals surface area contributed by atoms with Crippen LogP contribution < -0.4 is 10.0 Å². The van der Waals surface area contributed by atoms with Gasteiger partial charge in [-0.25, -0.2) is 12.8 Å². The van der Waals surface area contributed by atoms with Crippen LogP contribution in [0.5, 0.6) is 0 Å². The van der Waals surface area contributed by atoms with E-state index in [9.17, 15) is 17.6 Å². The molecule has 0 spiro atoms. The molecule has 1 amide bonds. The van der Waals surface area contributed by atoms with Gasteiger partial charge in [0.2, 0.25) is 10.0 Å². The molecular formula is C18H16FIN2O3S. The first-order chi connectivity index (χ1) is 12.3. The topological polar surface area (TPSA) is 75.3 Å². The predicted molar refractivity (Wildman–Crippen MR) is 105 cm³/mol. The Morgan fingerprint density at radius 1 is 1.19 bits per heavy atom. The molecule has 136 valence electrons. The number of rotatable bonds is 5. The Hall–Kier alpha value is -1.68. The van der Waals surface area contributed by atoms with Crippen LogP contribution in [0.25, 0.3) is 0 Å². The summed E-state index contributed by atoms with van der Waals surface area (Å²) in [5.41, 5.74) is 2.72. The Bertz CT molecular complexity index is 1020. The van der Waals surface area contributed by atoms with E-state index >= 15 is 0 Å². The summed E-state index contributed by atoms with van der Waals surface area (Å²) in [5.74, 6) is -0.543. The third-order valence-corrected chi connectivity index (χ3v) is 7.15. The van der Waals surface area contributed by atoms with Crippen LogP contribution in [0.3, 0.4) is 0 Å². The van der Waals surface area contributed by atoms with Crippen molar-refractivity contribution in [3.63, 3.8) is 0 Å². The average molecular weight is 486 g/mol. The van der Waals surface area contributed by atoms with Crippen molar-refractivity contribution in [2.45, 2.75) is 31.1 Å². The molecule has 1 aliphatic heterocycles. The summed E-state index contributed by atoms with van der Waals surface area (Å²) in [6.45, 7) is 0.366. The molecule has 2 aromatic carbocycles. The smallest absolute Gasteiger partial charge is 0.251 e. The van der Waals surface area contributed by atoms with Gasteiger partial charge in [0.25, 0.3) is 5.91 Å². The van der Waals surface area contributed by atoms with Crippen molar-refractivity contribution in [3.05, 3.63) is 62.0 Å². The van der Waals surface area contributed by atoms with E-state index in [0.717, 1.165) is 9.13 Å². The highest BCUT2D eigenvalue weighted by atomic mass is 127. The molecule has 0 aromatic heterocycles. The monoisotopic (exact) mass is 486 g/mol. The highest BCUT2D eigenvalue weighted by Crippen LogP contribution is 2.33. The van der Waals surface area contributed by atoms with Crippen LogP contribution in [0.2, 0.25) is 0 Å². The number of hydrogen-bond acceptors (Lipinski definition) is 3. The molecule has 1 aliphatic carbocycles. The number of hydrogen-bond donors (Lipinski definition) is 2. The summed E-state index contributed by atoms with van der Waals surface area (Å²) in [6, 6.07) is 8.27. The summed E-state index contributed by atoms with van der Waals surface area (Å²) in [4.78, 5) is 12.0. The molecule has 2 aliphatic rings. The first-order valence-electron chi connectivity index (χ1n) is 8.23. The molecule has 0 bridgehead atoms. The van der Waals surface area contributed by atoms with Crippen LogP contribution in [-0.2, 0) is 23.0 Å². The van der Waals surface area contributed by atoms with Gasteiger partial charge in [-0.05, 0) is 76.4 Å². The van der Waals surface area contributed by atoms with E-state index < -0.39 is 10.0 Å². The Labute approximate surface area is 164 Å². The van der Waals surface area contributed by atoms with Gasteiger partial charge < -0.3 is 5.32 Å². The number of fused-ring (bicyclic) bond motifs is 1. The average Bonchev–Trinajstić information content (AvgIpc) is 3.37. The number of benzene rings is 2. The third kappa shape index (κ3) is 3.44. The van der Waals surface area contributed by atoms with Crippen LogP contribution in [0.4, 0.5) is 10.1 Å². The largest absolute Gasteiger partial charge is 0.348 e. The van der Waals surface area contributed by atoms with Gasteiger partial charge in [-0.1, -0.05) is 6.07 Å². The van der Waals surface area contributed by atoms with Crippen molar-refractivity contribution in [2.75, 3.05) is 4.72 Å². The first kappa shape index (κ1) is 17.7. The number of nitrogens with one attached hydrogen (secondary N) is 2. The highest BCUT2D eigenvalue weighted by molar-refractivity contribution is 14.1. The zero-order chi connectivity index (χ0) is 18.5. The molecule has 8 heteroatoms. The lowest BCUT2D eigenvalue weighted by Gasteiger charge is -2.15. The van der Waals surface area contributed by atoms with Crippen molar-refractivity contribution in [1.82, 2.24) is 5.32 Å². The van der Waals surface area contributed by atoms with E-state index in [1.165, 1.54) is 6.07 Å². The molecule has 0 saturated heterocycles. The fourth-order valence-corrected chi connectivity index (χ4v) is 4.92. The predicted octanol–water partition coefficient (Wildman–Crippen LogP) is 3.17. The minimum Gasteiger partial charge on any atom is -0.348 e. The molecule has 0 unspecified atom stereocenters. The molecular weight excluding hydrogens is 470 g/mol. The molecule has 0 atom stereocenters. The lowest BCUT2D eigenvalue weighted by molar-refractivity contribution is 0.0965. The molecule has 2 aromatic rings. The van der Waals surface area contributed by atoms with Gasteiger partial charge in [-0.3, -0.25) is 9.52 Å². The van der Waals surface area contributed by atoms with Gasteiger partial charge in [-0.2, -0.15) is 0 Å². The van der Waals surface area contributed by atoms with Crippen LogP contribution in [-0.4, -0.2) is 19.6 Å². The van der Waals surface area contributed by atoms with Gasteiger partial charge in [0, 0.05) is 22.1 Å². The second-order valence-corrected chi connectivity index (χ2v) is 9.81. The van der Waals surface area contributed by atoms with Crippen LogP contribution >= 0.6 is 22.6 Å².